The Morgan fingerprint density at radius 2 is 2.11 bits per heavy atom. The fourth-order valence-corrected chi connectivity index (χ4v) is 2.67. The lowest BCUT2D eigenvalue weighted by molar-refractivity contribution is -0.0184. The minimum absolute atomic E-state index is 0.263. The molecule has 18 heavy (non-hydrogen) atoms. The lowest BCUT2D eigenvalue weighted by Gasteiger charge is -2.39. The van der Waals surface area contributed by atoms with Gasteiger partial charge in [0.2, 0.25) is 0 Å². The van der Waals surface area contributed by atoms with Crippen molar-refractivity contribution < 1.29 is 4.74 Å². The zero-order chi connectivity index (χ0) is 13.1. The Balaban J connectivity index is 2.18. The van der Waals surface area contributed by atoms with Crippen molar-refractivity contribution in [2.24, 2.45) is 5.73 Å². The minimum atomic E-state index is 0.263. The van der Waals surface area contributed by atoms with Crippen molar-refractivity contribution in [1.29, 1.82) is 0 Å². The van der Waals surface area contributed by atoms with Gasteiger partial charge >= 0.3 is 0 Å². The van der Waals surface area contributed by atoms with E-state index in [0.717, 1.165) is 19.5 Å². The Morgan fingerprint density at radius 3 is 2.83 bits per heavy atom. The fourth-order valence-electron chi connectivity index (χ4n) is 2.67. The fraction of sp³-hybridized carbons (Fsp3) is 0.600. The molecule has 0 radical (unpaired) electrons. The maximum atomic E-state index is 5.93. The van der Waals surface area contributed by atoms with Crippen LogP contribution in [-0.2, 0) is 4.74 Å². The summed E-state index contributed by atoms with van der Waals surface area (Å²) in [6.07, 6.45) is 1.47. The van der Waals surface area contributed by atoms with Gasteiger partial charge in [0.25, 0.3) is 0 Å². The molecule has 2 atom stereocenters. The third-order valence-electron chi connectivity index (χ3n) is 3.73. The molecule has 2 rings (SSSR count). The van der Waals surface area contributed by atoms with Gasteiger partial charge in [0, 0.05) is 18.8 Å². The molecular weight excluding hydrogens is 224 g/mol. The molecule has 0 saturated carbocycles. The molecular formula is C15H24N2O. The largest absolute Gasteiger partial charge is 0.372 e. The number of ether oxygens (including phenoxy) is 1. The molecule has 0 aliphatic carbocycles. The maximum absolute atomic E-state index is 5.93. The van der Waals surface area contributed by atoms with Crippen molar-refractivity contribution in [2.75, 3.05) is 24.5 Å². The van der Waals surface area contributed by atoms with Crippen LogP contribution in [0.4, 0.5) is 5.69 Å². The molecule has 1 saturated heterocycles. The van der Waals surface area contributed by atoms with Crippen molar-refractivity contribution in [3.63, 3.8) is 0 Å². The van der Waals surface area contributed by atoms with Gasteiger partial charge in [-0.25, -0.2) is 0 Å². The lowest BCUT2D eigenvalue weighted by Crippen LogP contribution is -2.47. The molecule has 1 aromatic carbocycles. The highest BCUT2D eigenvalue weighted by molar-refractivity contribution is 5.56. The molecule has 3 nitrogen and oxygen atoms in total. The van der Waals surface area contributed by atoms with Crippen LogP contribution in [0.5, 0.6) is 0 Å². The quantitative estimate of drug-likeness (QED) is 0.891. The maximum Gasteiger partial charge on any atom is 0.0766 e. The van der Waals surface area contributed by atoms with E-state index >= 15 is 0 Å². The summed E-state index contributed by atoms with van der Waals surface area (Å²) in [5.41, 5.74) is 9.71. The Morgan fingerprint density at radius 1 is 1.33 bits per heavy atom. The van der Waals surface area contributed by atoms with Crippen molar-refractivity contribution >= 4 is 5.69 Å². The van der Waals surface area contributed by atoms with E-state index in [0.29, 0.717) is 6.54 Å². The van der Waals surface area contributed by atoms with Gasteiger partial charge in [-0.15, -0.1) is 0 Å². The molecule has 1 aliphatic rings. The monoisotopic (exact) mass is 248 g/mol. The topological polar surface area (TPSA) is 38.5 Å². The van der Waals surface area contributed by atoms with Crippen LogP contribution in [0.3, 0.4) is 0 Å². The van der Waals surface area contributed by atoms with Gasteiger partial charge in [-0.1, -0.05) is 12.1 Å². The van der Waals surface area contributed by atoms with Crippen LogP contribution in [0.2, 0.25) is 0 Å². The molecule has 100 valence electrons. The van der Waals surface area contributed by atoms with Crippen molar-refractivity contribution in [3.05, 3.63) is 29.3 Å². The average molecular weight is 248 g/mol. The SMILES string of the molecule is Cc1cccc(N2CC(C)OC(CCN)C2)c1C. The summed E-state index contributed by atoms with van der Waals surface area (Å²) < 4.78 is 5.93. The standard InChI is InChI=1S/C15H24N2O/c1-11-5-4-6-15(13(11)3)17-9-12(2)18-14(10-17)7-8-16/h4-6,12,14H,7-10,16H2,1-3H3. The smallest absolute Gasteiger partial charge is 0.0766 e. The van der Waals surface area contributed by atoms with E-state index in [1.54, 1.807) is 0 Å². The zero-order valence-electron chi connectivity index (χ0n) is 11.6. The molecule has 1 heterocycles. The molecule has 1 aromatic rings. The van der Waals surface area contributed by atoms with E-state index in [-0.39, 0.29) is 12.2 Å². The number of hydrogen-bond donors (Lipinski definition) is 1. The molecule has 2 unspecified atom stereocenters. The predicted molar refractivity (Wildman–Crippen MR) is 76.1 cm³/mol. The molecule has 0 bridgehead atoms. The summed E-state index contributed by atoms with van der Waals surface area (Å²) in [4.78, 5) is 2.44. The van der Waals surface area contributed by atoms with E-state index in [9.17, 15) is 0 Å². The number of benzene rings is 1. The molecule has 3 heteroatoms. The number of aryl methyl sites for hydroxylation is 1. The van der Waals surface area contributed by atoms with Crippen LogP contribution in [0, 0.1) is 13.8 Å². The Labute approximate surface area is 110 Å². The Kier molecular flexibility index (Phi) is 4.25. The second-order valence-corrected chi connectivity index (χ2v) is 5.27. The summed E-state index contributed by atoms with van der Waals surface area (Å²) >= 11 is 0. The number of morpholine rings is 1. The number of anilines is 1. The Hall–Kier alpha value is -1.06. The van der Waals surface area contributed by atoms with E-state index in [2.05, 4.69) is 43.9 Å². The minimum Gasteiger partial charge on any atom is -0.372 e. The zero-order valence-corrected chi connectivity index (χ0v) is 11.6. The van der Waals surface area contributed by atoms with Crippen molar-refractivity contribution in [3.8, 4) is 0 Å². The van der Waals surface area contributed by atoms with Gasteiger partial charge in [-0.3, -0.25) is 0 Å². The van der Waals surface area contributed by atoms with Gasteiger partial charge in [0.1, 0.15) is 0 Å². The summed E-state index contributed by atoms with van der Waals surface area (Å²) in [5, 5.41) is 0. The third-order valence-corrected chi connectivity index (χ3v) is 3.73. The van der Waals surface area contributed by atoms with Gasteiger partial charge < -0.3 is 15.4 Å². The van der Waals surface area contributed by atoms with Crippen LogP contribution in [0.1, 0.15) is 24.5 Å². The van der Waals surface area contributed by atoms with Gasteiger partial charge in [-0.2, -0.15) is 0 Å². The van der Waals surface area contributed by atoms with Crippen LogP contribution >= 0.6 is 0 Å². The van der Waals surface area contributed by atoms with Crippen molar-refractivity contribution in [1.82, 2.24) is 0 Å². The summed E-state index contributed by atoms with van der Waals surface area (Å²) in [6.45, 7) is 9.11. The summed E-state index contributed by atoms with van der Waals surface area (Å²) in [7, 11) is 0. The van der Waals surface area contributed by atoms with E-state index in [1.807, 2.05) is 0 Å². The highest BCUT2D eigenvalue weighted by atomic mass is 16.5. The molecule has 0 amide bonds. The van der Waals surface area contributed by atoms with E-state index in [4.69, 9.17) is 10.5 Å². The first-order valence-corrected chi connectivity index (χ1v) is 6.78. The molecule has 0 aromatic heterocycles. The number of hydrogen-bond acceptors (Lipinski definition) is 3. The van der Waals surface area contributed by atoms with Crippen LogP contribution in [0.15, 0.2) is 18.2 Å². The number of nitrogens with two attached hydrogens (primary N) is 1. The summed E-state index contributed by atoms with van der Waals surface area (Å²) in [5.74, 6) is 0. The highest BCUT2D eigenvalue weighted by Gasteiger charge is 2.25. The number of nitrogens with zero attached hydrogens (tertiary/aromatic N) is 1. The highest BCUT2D eigenvalue weighted by Crippen LogP contribution is 2.26. The van der Waals surface area contributed by atoms with Gasteiger partial charge in [0.15, 0.2) is 0 Å². The van der Waals surface area contributed by atoms with Crippen LogP contribution in [-0.4, -0.2) is 31.8 Å². The van der Waals surface area contributed by atoms with Crippen LogP contribution < -0.4 is 10.6 Å². The molecule has 0 spiro atoms. The summed E-state index contributed by atoms with van der Waals surface area (Å²) in [6, 6.07) is 6.51. The lowest BCUT2D eigenvalue weighted by atomic mass is 10.1. The van der Waals surface area contributed by atoms with Crippen molar-refractivity contribution in [2.45, 2.75) is 39.4 Å². The van der Waals surface area contributed by atoms with E-state index in [1.165, 1.54) is 16.8 Å². The normalized spacial score (nSPS) is 24.3. The second-order valence-electron chi connectivity index (χ2n) is 5.27. The van der Waals surface area contributed by atoms with Crippen LogP contribution in [0.25, 0.3) is 0 Å². The molecule has 1 aliphatic heterocycles. The van der Waals surface area contributed by atoms with Gasteiger partial charge in [-0.05, 0) is 50.9 Å². The van der Waals surface area contributed by atoms with Gasteiger partial charge in [0.05, 0.1) is 12.2 Å². The molecule has 1 fully saturated rings. The first kappa shape index (κ1) is 13.4. The third kappa shape index (κ3) is 2.85. The average Bonchev–Trinajstić information content (AvgIpc) is 2.32. The Bertz CT molecular complexity index is 405. The predicted octanol–water partition coefficient (Wildman–Crippen LogP) is 2.25. The first-order chi connectivity index (χ1) is 8.61. The number of rotatable bonds is 3. The van der Waals surface area contributed by atoms with E-state index < -0.39 is 0 Å². The first-order valence-electron chi connectivity index (χ1n) is 6.78. The molecule has 2 N–H and O–H groups in total. The second kappa shape index (κ2) is 5.72.